The van der Waals surface area contributed by atoms with E-state index in [0.717, 1.165) is 11.1 Å². The number of carboxylic acids is 1. The van der Waals surface area contributed by atoms with Crippen molar-refractivity contribution in [2.45, 2.75) is 37.9 Å². The molecule has 0 aliphatic heterocycles. The summed E-state index contributed by atoms with van der Waals surface area (Å²) in [7, 11) is 0. The van der Waals surface area contributed by atoms with Crippen LogP contribution in [-0.4, -0.2) is 59.4 Å². The van der Waals surface area contributed by atoms with Crippen LogP contribution in [-0.2, 0) is 36.8 Å². The van der Waals surface area contributed by atoms with Crippen molar-refractivity contribution in [3.63, 3.8) is 0 Å². The van der Waals surface area contributed by atoms with Crippen LogP contribution in [0, 0.1) is 0 Å². The molecule has 196 valence electrons. The molecular weight excluding hydrogens is 478 g/mol. The predicted octanol–water partition coefficient (Wildman–Crippen LogP) is -0.381. The Hall–Kier alpha value is -4.51. The number of aliphatic carboxylic acids is 1. The molecule has 0 fully saturated rings. The molecule has 2 aromatic carbocycles. The van der Waals surface area contributed by atoms with Crippen LogP contribution >= 0.6 is 0 Å². The molecular formula is C26H31N5O6. The highest BCUT2D eigenvalue weighted by Gasteiger charge is 2.26. The minimum atomic E-state index is -1.24. The fourth-order valence-electron chi connectivity index (χ4n) is 3.26. The Kier molecular flexibility index (Phi) is 11.0. The van der Waals surface area contributed by atoms with Gasteiger partial charge in [-0.25, -0.2) is 0 Å². The second kappa shape index (κ2) is 14.1. The van der Waals surface area contributed by atoms with E-state index < -0.39 is 54.3 Å². The number of amides is 4. The highest BCUT2D eigenvalue weighted by molar-refractivity contribution is 6.01. The molecule has 0 saturated heterocycles. The molecule has 4 amide bonds. The van der Waals surface area contributed by atoms with E-state index in [2.05, 4.69) is 27.8 Å². The fourth-order valence-corrected chi connectivity index (χ4v) is 3.26. The summed E-state index contributed by atoms with van der Waals surface area (Å²) >= 11 is 0. The second-order valence-corrected chi connectivity index (χ2v) is 8.32. The molecule has 0 aromatic heterocycles. The van der Waals surface area contributed by atoms with E-state index in [4.69, 9.17) is 10.8 Å². The first-order chi connectivity index (χ1) is 17.6. The first-order valence-corrected chi connectivity index (χ1v) is 11.5. The zero-order valence-corrected chi connectivity index (χ0v) is 20.4. The van der Waals surface area contributed by atoms with Gasteiger partial charge in [0.15, 0.2) is 0 Å². The van der Waals surface area contributed by atoms with Gasteiger partial charge < -0.3 is 32.1 Å². The normalized spacial score (nSPS) is 12.8. The van der Waals surface area contributed by atoms with Gasteiger partial charge in [0.05, 0.1) is 11.7 Å². The maximum Gasteiger partial charge on any atom is 0.322 e. The van der Waals surface area contributed by atoms with Crippen LogP contribution in [0.2, 0.25) is 0 Å². The molecule has 0 radical (unpaired) electrons. The average Bonchev–Trinajstić information content (AvgIpc) is 2.87. The topological polar surface area (TPSA) is 180 Å². The van der Waals surface area contributed by atoms with Crippen molar-refractivity contribution in [2.24, 2.45) is 5.73 Å². The van der Waals surface area contributed by atoms with Gasteiger partial charge in [0, 0.05) is 6.42 Å². The molecule has 11 heteroatoms. The lowest BCUT2D eigenvalue weighted by Crippen LogP contribution is -2.54. The minimum Gasteiger partial charge on any atom is -0.480 e. The third-order valence-corrected chi connectivity index (χ3v) is 5.25. The molecule has 2 rings (SSSR count). The summed E-state index contributed by atoms with van der Waals surface area (Å²) in [5, 5.41) is 18.1. The number of carboxylic acid groups (broad SMARTS) is 1. The summed E-state index contributed by atoms with van der Waals surface area (Å²) in [6, 6.07) is 15.1. The summed E-state index contributed by atoms with van der Waals surface area (Å²) in [4.78, 5) is 60.7. The number of hydrogen-bond donors (Lipinski definition) is 6. The van der Waals surface area contributed by atoms with E-state index in [-0.39, 0.29) is 18.5 Å². The highest BCUT2D eigenvalue weighted by atomic mass is 16.4. The van der Waals surface area contributed by atoms with Crippen molar-refractivity contribution in [1.82, 2.24) is 21.3 Å². The number of rotatable bonds is 13. The maximum atomic E-state index is 13.0. The second-order valence-electron chi connectivity index (χ2n) is 8.32. The predicted molar refractivity (Wildman–Crippen MR) is 136 cm³/mol. The Morgan fingerprint density at radius 2 is 1.38 bits per heavy atom. The Morgan fingerprint density at radius 3 is 1.92 bits per heavy atom. The summed E-state index contributed by atoms with van der Waals surface area (Å²) in [5.41, 5.74) is 7.33. The van der Waals surface area contributed by atoms with E-state index in [0.29, 0.717) is 0 Å². The van der Waals surface area contributed by atoms with Gasteiger partial charge >= 0.3 is 5.97 Å². The summed E-state index contributed by atoms with van der Waals surface area (Å²) in [6.07, 6.45) is 0.392. The molecule has 0 unspecified atom stereocenters. The molecule has 0 spiro atoms. The van der Waals surface area contributed by atoms with Crippen molar-refractivity contribution >= 4 is 29.6 Å². The minimum absolute atomic E-state index is 0.124. The fraction of sp³-hybridized carbons (Fsp3) is 0.269. The monoisotopic (exact) mass is 509 g/mol. The molecule has 2 aromatic rings. The Morgan fingerprint density at radius 1 is 0.838 bits per heavy atom. The van der Waals surface area contributed by atoms with Gasteiger partial charge in [0.2, 0.25) is 17.7 Å². The van der Waals surface area contributed by atoms with Gasteiger partial charge in [-0.2, -0.15) is 0 Å². The maximum absolute atomic E-state index is 13.0. The van der Waals surface area contributed by atoms with Gasteiger partial charge in [0.25, 0.3) is 5.91 Å². The lowest BCUT2D eigenvalue weighted by atomic mass is 10.0. The van der Waals surface area contributed by atoms with Crippen molar-refractivity contribution in [3.8, 4) is 0 Å². The van der Waals surface area contributed by atoms with E-state index in [1.807, 2.05) is 36.4 Å². The van der Waals surface area contributed by atoms with Crippen molar-refractivity contribution in [3.05, 3.63) is 84.1 Å². The van der Waals surface area contributed by atoms with Gasteiger partial charge in [-0.15, -0.1) is 0 Å². The zero-order valence-electron chi connectivity index (χ0n) is 20.4. The first kappa shape index (κ1) is 28.7. The van der Waals surface area contributed by atoms with E-state index in [9.17, 15) is 24.0 Å². The van der Waals surface area contributed by atoms with Crippen LogP contribution < -0.4 is 27.0 Å². The smallest absolute Gasteiger partial charge is 0.322 e. The molecule has 7 N–H and O–H groups in total. The Balaban J connectivity index is 2.03. The van der Waals surface area contributed by atoms with E-state index in [1.165, 1.54) is 6.92 Å². The first-order valence-electron chi connectivity index (χ1n) is 11.5. The van der Waals surface area contributed by atoms with Crippen LogP contribution in [0.3, 0.4) is 0 Å². The number of carbonyl (C=O) groups excluding carboxylic acids is 4. The van der Waals surface area contributed by atoms with E-state index in [1.54, 1.807) is 24.3 Å². The molecule has 3 atom stereocenters. The molecule has 0 bridgehead atoms. The van der Waals surface area contributed by atoms with Crippen LogP contribution in [0.5, 0.6) is 0 Å². The molecule has 0 aliphatic rings. The molecule has 37 heavy (non-hydrogen) atoms. The summed E-state index contributed by atoms with van der Waals surface area (Å²) in [5.74, 6) is -4.06. The molecule has 0 heterocycles. The Bertz CT molecular complexity index is 1120. The van der Waals surface area contributed by atoms with Gasteiger partial charge in [-0.3, -0.25) is 24.0 Å². The Labute approximate surface area is 214 Å². The molecule has 11 nitrogen and oxygen atoms in total. The van der Waals surface area contributed by atoms with Gasteiger partial charge in [-0.05, 0) is 24.5 Å². The summed E-state index contributed by atoms with van der Waals surface area (Å²) < 4.78 is 0. The van der Waals surface area contributed by atoms with Crippen molar-refractivity contribution in [2.75, 3.05) is 6.54 Å². The van der Waals surface area contributed by atoms with Crippen molar-refractivity contribution < 1.29 is 29.1 Å². The molecule has 0 saturated carbocycles. The van der Waals surface area contributed by atoms with Gasteiger partial charge in [-0.1, -0.05) is 67.2 Å². The van der Waals surface area contributed by atoms with Gasteiger partial charge in [0.1, 0.15) is 18.6 Å². The number of nitrogens with one attached hydrogen (secondary N) is 4. The average molecular weight is 510 g/mol. The lowest BCUT2D eigenvalue weighted by molar-refractivity contribution is -0.138. The van der Waals surface area contributed by atoms with Crippen LogP contribution in [0.15, 0.2) is 72.9 Å². The van der Waals surface area contributed by atoms with Crippen molar-refractivity contribution in [1.29, 1.82) is 0 Å². The number of carbonyl (C=O) groups is 5. The van der Waals surface area contributed by atoms with E-state index >= 15 is 0 Å². The lowest BCUT2D eigenvalue weighted by Gasteiger charge is -2.22. The number of hydrogen-bond acceptors (Lipinski definition) is 6. The quantitative estimate of drug-likeness (QED) is 0.199. The number of nitrogens with two attached hydrogens (primary N) is 1. The number of benzene rings is 2. The third-order valence-electron chi connectivity index (χ3n) is 5.25. The van der Waals surface area contributed by atoms with Crippen LogP contribution in [0.25, 0.3) is 0 Å². The van der Waals surface area contributed by atoms with Crippen LogP contribution in [0.4, 0.5) is 0 Å². The SMILES string of the molecule is C=C(NC(=O)[C@H](Cc1ccccc1)NC(=O)[C@@H](N)Cc1ccccc1)C(=O)N[C@@H](C)C(=O)NCC(=O)O. The zero-order chi connectivity index (χ0) is 27.4. The largest absolute Gasteiger partial charge is 0.480 e. The highest BCUT2D eigenvalue weighted by Crippen LogP contribution is 2.06. The molecule has 0 aliphatic carbocycles. The summed E-state index contributed by atoms with van der Waals surface area (Å²) in [6.45, 7) is 4.27. The third kappa shape index (κ3) is 9.94. The standard InChI is InChI=1S/C26H31N5O6/c1-16(23(34)28-15-22(32)33)29-24(35)17(2)30-26(37)21(14-19-11-7-4-8-12-19)31-25(36)20(27)13-18-9-5-3-6-10-18/h3-12,16,20-21H,2,13-15,27H2,1H3,(H,28,34)(H,29,35)(H,30,37)(H,31,36)(H,32,33)/t16-,20-,21-/m0/s1. The van der Waals surface area contributed by atoms with Crippen LogP contribution in [0.1, 0.15) is 18.1 Å².